The highest BCUT2D eigenvalue weighted by Gasteiger charge is 2.29. The van der Waals surface area contributed by atoms with E-state index in [0.717, 1.165) is 41.5 Å². The molecule has 0 aromatic heterocycles. The smallest absolute Gasteiger partial charge is 0.255 e. The van der Waals surface area contributed by atoms with Gasteiger partial charge in [-0.05, 0) is 72.6 Å². The normalized spacial score (nSPS) is 19.8. The van der Waals surface area contributed by atoms with E-state index >= 15 is 0 Å². The molecular weight excluding hydrogens is 425 g/mol. The van der Waals surface area contributed by atoms with E-state index in [0.29, 0.717) is 30.8 Å². The molecule has 1 amide bonds. The minimum absolute atomic E-state index is 0.108. The van der Waals surface area contributed by atoms with Crippen molar-refractivity contribution in [1.29, 1.82) is 0 Å². The summed E-state index contributed by atoms with van der Waals surface area (Å²) in [5.41, 5.74) is 4.39. The van der Waals surface area contributed by atoms with Crippen molar-refractivity contribution >= 4 is 11.7 Å². The summed E-state index contributed by atoms with van der Waals surface area (Å²) in [4.78, 5) is 25.1. The van der Waals surface area contributed by atoms with Crippen LogP contribution in [0.15, 0.2) is 24.3 Å². The van der Waals surface area contributed by atoms with E-state index in [4.69, 9.17) is 9.47 Å². The fourth-order valence-corrected chi connectivity index (χ4v) is 4.84. The zero-order valence-electron chi connectivity index (χ0n) is 19.1. The van der Waals surface area contributed by atoms with Gasteiger partial charge in [-0.1, -0.05) is 13.0 Å². The van der Waals surface area contributed by atoms with E-state index in [-0.39, 0.29) is 36.3 Å². The Morgan fingerprint density at radius 3 is 2.70 bits per heavy atom. The number of carbonyl (C=O) groups is 2. The molecule has 0 saturated carbocycles. The first kappa shape index (κ1) is 23.4. The predicted molar refractivity (Wildman–Crippen MR) is 122 cm³/mol. The molecule has 2 atom stereocenters. The summed E-state index contributed by atoms with van der Waals surface area (Å²) in [6, 6.07) is 6.17. The van der Waals surface area contributed by atoms with Crippen molar-refractivity contribution in [2.45, 2.75) is 57.6 Å². The molecule has 2 N–H and O–H groups in total. The third-order valence-electron chi connectivity index (χ3n) is 6.58. The Morgan fingerprint density at radius 2 is 2.00 bits per heavy atom. The number of aliphatic hydroxyl groups is 1. The molecule has 0 spiro atoms. The van der Waals surface area contributed by atoms with Gasteiger partial charge in [0.1, 0.15) is 11.6 Å². The average molecular weight is 456 g/mol. The molecule has 2 aromatic carbocycles. The first-order valence-corrected chi connectivity index (χ1v) is 11.5. The van der Waals surface area contributed by atoms with Crippen molar-refractivity contribution in [3.8, 4) is 5.75 Å². The summed E-state index contributed by atoms with van der Waals surface area (Å²) >= 11 is 0. The number of Topliss-reactive ketones (excluding diaryl/α,β-unsaturated/α-hetero) is 1. The van der Waals surface area contributed by atoms with Crippen molar-refractivity contribution in [1.82, 2.24) is 5.32 Å². The van der Waals surface area contributed by atoms with Crippen LogP contribution < -0.4 is 10.1 Å². The number of aliphatic hydroxyl groups excluding tert-OH is 1. The molecule has 2 aliphatic rings. The minimum Gasteiger partial charge on any atom is -0.496 e. The topological polar surface area (TPSA) is 84.9 Å². The number of halogens is 1. The first-order chi connectivity index (χ1) is 15.9. The van der Waals surface area contributed by atoms with Crippen LogP contribution in [0, 0.1) is 5.82 Å². The summed E-state index contributed by atoms with van der Waals surface area (Å²) in [5, 5.41) is 13.1. The molecule has 1 aliphatic carbocycles. The summed E-state index contributed by atoms with van der Waals surface area (Å²) in [5.74, 6) is -0.473. The molecule has 33 heavy (non-hydrogen) atoms. The van der Waals surface area contributed by atoms with E-state index < -0.39 is 11.9 Å². The number of rotatable bonds is 7. The van der Waals surface area contributed by atoms with Gasteiger partial charge in [-0.3, -0.25) is 9.59 Å². The van der Waals surface area contributed by atoms with Gasteiger partial charge >= 0.3 is 0 Å². The Bertz CT molecular complexity index is 1070. The quantitative estimate of drug-likeness (QED) is 0.626. The Balaban J connectivity index is 1.66. The van der Waals surface area contributed by atoms with Gasteiger partial charge in [0.15, 0.2) is 5.78 Å². The highest BCUT2D eigenvalue weighted by Crippen LogP contribution is 2.37. The summed E-state index contributed by atoms with van der Waals surface area (Å²) in [7, 11) is 1.56. The molecule has 0 bridgehead atoms. The third kappa shape index (κ3) is 4.80. The number of hydrogen-bond donors (Lipinski definition) is 2. The van der Waals surface area contributed by atoms with Gasteiger partial charge in [-0.2, -0.15) is 0 Å². The molecule has 4 rings (SSSR count). The molecule has 6 nitrogen and oxygen atoms in total. The molecule has 1 saturated heterocycles. The summed E-state index contributed by atoms with van der Waals surface area (Å²) in [6.45, 7) is 2.39. The van der Waals surface area contributed by atoms with Crippen LogP contribution in [0.4, 0.5) is 4.39 Å². The Labute approximate surface area is 193 Å². The van der Waals surface area contributed by atoms with E-state index in [1.165, 1.54) is 6.07 Å². The van der Waals surface area contributed by atoms with Gasteiger partial charge in [0.25, 0.3) is 5.91 Å². The summed E-state index contributed by atoms with van der Waals surface area (Å²) in [6.07, 6.45) is 3.12. The second kappa shape index (κ2) is 10.0. The second-order valence-corrected chi connectivity index (χ2v) is 8.71. The maximum Gasteiger partial charge on any atom is 0.255 e. The average Bonchev–Trinajstić information content (AvgIpc) is 3.30. The number of nitrogens with one attached hydrogen (secondary N) is 1. The van der Waals surface area contributed by atoms with Gasteiger partial charge in [-0.15, -0.1) is 0 Å². The predicted octanol–water partition coefficient (Wildman–Crippen LogP) is 3.39. The highest BCUT2D eigenvalue weighted by atomic mass is 19.1. The fraction of sp³-hybridized carbons (Fsp3) is 0.462. The van der Waals surface area contributed by atoms with Gasteiger partial charge in [0.05, 0.1) is 37.0 Å². The second-order valence-electron chi connectivity index (χ2n) is 8.71. The van der Waals surface area contributed by atoms with Crippen molar-refractivity contribution in [2.24, 2.45) is 0 Å². The molecule has 0 unspecified atom stereocenters. The molecule has 1 aliphatic heterocycles. The van der Waals surface area contributed by atoms with E-state index in [1.807, 2.05) is 6.07 Å². The molecule has 0 radical (unpaired) electrons. The number of carbonyl (C=O) groups excluding carboxylic acids is 2. The van der Waals surface area contributed by atoms with Crippen LogP contribution in [0.2, 0.25) is 0 Å². The zero-order valence-corrected chi connectivity index (χ0v) is 19.1. The number of ketones is 1. The number of ether oxygens (including phenoxy) is 2. The van der Waals surface area contributed by atoms with Gasteiger partial charge in [-0.25, -0.2) is 4.39 Å². The lowest BCUT2D eigenvalue weighted by Gasteiger charge is -2.29. The fourth-order valence-electron chi connectivity index (χ4n) is 4.84. The van der Waals surface area contributed by atoms with Crippen molar-refractivity contribution in [3.63, 3.8) is 0 Å². The number of amides is 1. The highest BCUT2D eigenvalue weighted by molar-refractivity contribution is 5.98. The third-order valence-corrected chi connectivity index (χ3v) is 6.58. The largest absolute Gasteiger partial charge is 0.496 e. The number of fused-ring (bicyclic) bond motifs is 1. The molecular formula is C26H30FNO5. The van der Waals surface area contributed by atoms with Crippen LogP contribution in [0.1, 0.15) is 69.2 Å². The lowest BCUT2D eigenvalue weighted by Crippen LogP contribution is -2.48. The SMILES string of the molecule is CCC(=O)c1ccc(Cc2cc(C(=O)N[C@H]3CCOC[C@@H]3O)c(OC)c3c2CCC3)cc1F. The molecule has 7 heteroatoms. The van der Waals surface area contributed by atoms with E-state index in [1.54, 1.807) is 26.2 Å². The van der Waals surface area contributed by atoms with Gasteiger partial charge in [0.2, 0.25) is 0 Å². The van der Waals surface area contributed by atoms with Crippen molar-refractivity contribution in [3.05, 3.63) is 63.5 Å². The standard InChI is InChI=1S/C26H30FNO5/c1-3-23(29)19-8-7-15(12-21(19)27)11-16-13-20(25(32-2)18-6-4-5-17(16)18)26(31)28-22-9-10-33-14-24(22)30/h7-8,12-13,22,24,30H,3-6,9-11,14H2,1-2H3,(H,28,31)/t22-,24-/m0/s1. The number of methoxy groups -OCH3 is 1. The van der Waals surface area contributed by atoms with Crippen LogP contribution in [0.5, 0.6) is 5.75 Å². The van der Waals surface area contributed by atoms with E-state index in [9.17, 15) is 19.1 Å². The van der Waals surface area contributed by atoms with Gasteiger partial charge in [0, 0.05) is 13.0 Å². The van der Waals surface area contributed by atoms with Gasteiger partial charge < -0.3 is 19.9 Å². The van der Waals surface area contributed by atoms with Crippen LogP contribution in [-0.2, 0) is 24.0 Å². The molecule has 1 heterocycles. The van der Waals surface area contributed by atoms with Crippen LogP contribution in [0.25, 0.3) is 0 Å². The maximum atomic E-state index is 14.5. The molecule has 176 valence electrons. The lowest BCUT2D eigenvalue weighted by molar-refractivity contribution is -0.0261. The Hall–Kier alpha value is -2.77. The number of hydrogen-bond acceptors (Lipinski definition) is 5. The molecule has 1 fully saturated rings. The van der Waals surface area contributed by atoms with Crippen LogP contribution in [-0.4, -0.2) is 49.3 Å². The molecule has 2 aromatic rings. The Morgan fingerprint density at radius 1 is 1.21 bits per heavy atom. The number of benzene rings is 2. The summed E-state index contributed by atoms with van der Waals surface area (Å²) < 4.78 is 25.5. The Kier molecular flexibility index (Phi) is 7.10. The monoisotopic (exact) mass is 455 g/mol. The minimum atomic E-state index is -0.755. The zero-order chi connectivity index (χ0) is 23.5. The van der Waals surface area contributed by atoms with Crippen LogP contribution >= 0.6 is 0 Å². The van der Waals surface area contributed by atoms with Crippen molar-refractivity contribution < 1.29 is 28.6 Å². The van der Waals surface area contributed by atoms with Crippen molar-refractivity contribution in [2.75, 3.05) is 20.3 Å². The van der Waals surface area contributed by atoms with Crippen LogP contribution in [0.3, 0.4) is 0 Å². The first-order valence-electron chi connectivity index (χ1n) is 11.5. The lowest BCUT2D eigenvalue weighted by atomic mass is 9.92. The maximum absolute atomic E-state index is 14.5. The van der Waals surface area contributed by atoms with E-state index in [2.05, 4.69) is 5.32 Å².